The van der Waals surface area contributed by atoms with Crippen molar-refractivity contribution in [1.29, 1.82) is 0 Å². The largest absolute Gasteiger partial charge is 0.465 e. The molecule has 0 spiro atoms. The van der Waals surface area contributed by atoms with Crippen LogP contribution in [0.15, 0.2) is 0 Å². The Kier molecular flexibility index (Phi) is 8.12. The average Bonchev–Trinajstić information content (AvgIpc) is 2.89. The van der Waals surface area contributed by atoms with E-state index in [0.29, 0.717) is 6.54 Å². The number of carboxylic acid groups (broad SMARTS) is 1. The minimum absolute atomic E-state index is 0.141. The maximum Gasteiger partial charge on any atom is 0.407 e. The van der Waals surface area contributed by atoms with Crippen LogP contribution >= 0.6 is 0 Å². The molecule has 1 saturated heterocycles. The van der Waals surface area contributed by atoms with Gasteiger partial charge in [-0.15, -0.1) is 0 Å². The summed E-state index contributed by atoms with van der Waals surface area (Å²) >= 11 is 0. The number of ether oxygens (including phenoxy) is 1. The molecule has 1 aliphatic heterocycles. The van der Waals surface area contributed by atoms with Crippen LogP contribution in [0.25, 0.3) is 0 Å². The van der Waals surface area contributed by atoms with Crippen molar-refractivity contribution in [2.45, 2.75) is 65.6 Å². The molecule has 0 bridgehead atoms. The maximum absolute atomic E-state index is 12.2. The molecule has 0 aromatic carbocycles. The third kappa shape index (κ3) is 6.25. The van der Waals surface area contributed by atoms with E-state index in [4.69, 9.17) is 13.6 Å². The number of nitrogens with one attached hydrogen (secondary N) is 1. The molecule has 0 radical (unpaired) electrons. The summed E-state index contributed by atoms with van der Waals surface area (Å²) in [6, 6.07) is -0.359. The second-order valence-corrected chi connectivity index (χ2v) is 9.93. The summed E-state index contributed by atoms with van der Waals surface area (Å²) in [7, 11) is -1.39. The van der Waals surface area contributed by atoms with Gasteiger partial charge in [-0.25, -0.2) is 9.59 Å². The maximum atomic E-state index is 12.2. The second kappa shape index (κ2) is 9.20. The van der Waals surface area contributed by atoms with E-state index in [1.54, 1.807) is 20.8 Å². The summed E-state index contributed by atoms with van der Waals surface area (Å²) in [5.74, 6) is -0.141. The van der Waals surface area contributed by atoms with Crippen LogP contribution < -0.4 is 5.32 Å². The van der Waals surface area contributed by atoms with Crippen LogP contribution in [0, 0.1) is 11.3 Å². The fourth-order valence-electron chi connectivity index (χ4n) is 3.27. The zero-order valence-corrected chi connectivity index (χ0v) is 19.8. The lowest BCUT2D eigenvalue weighted by Gasteiger charge is -2.41. The first-order valence-electron chi connectivity index (χ1n) is 9.12. The van der Waals surface area contributed by atoms with E-state index in [2.05, 4.69) is 5.32 Å². The molecule has 2 atom stereocenters. The minimum atomic E-state index is -0.993. The standard InChI is InChI=1S/C16H34N2O6Si2/c1-15(2,3)22-13(19)17-11-9-18(14(20)21)8-10(11)16(4,5)12(23-25-6)24-26-7/h10-12H,8-9,25-26H2,1-7H3,(H,17,19)(H,20,21). The van der Waals surface area contributed by atoms with Crippen LogP contribution in [0.2, 0.25) is 13.1 Å². The summed E-state index contributed by atoms with van der Waals surface area (Å²) in [5, 5.41) is 12.3. The Morgan fingerprint density at radius 1 is 1.12 bits per heavy atom. The first-order chi connectivity index (χ1) is 11.9. The molecule has 152 valence electrons. The van der Waals surface area contributed by atoms with Gasteiger partial charge in [0.05, 0.1) is 6.04 Å². The fraction of sp³-hybridized carbons (Fsp3) is 0.875. The molecular weight excluding hydrogens is 372 g/mol. The Labute approximate surface area is 160 Å². The van der Waals surface area contributed by atoms with Crippen LogP contribution in [0.4, 0.5) is 9.59 Å². The van der Waals surface area contributed by atoms with Crippen molar-refractivity contribution in [2.24, 2.45) is 11.3 Å². The van der Waals surface area contributed by atoms with Crippen molar-refractivity contribution in [3.8, 4) is 0 Å². The first kappa shape index (κ1) is 22.9. The van der Waals surface area contributed by atoms with E-state index in [9.17, 15) is 14.7 Å². The zero-order valence-electron chi connectivity index (χ0n) is 17.0. The number of hydrogen-bond acceptors (Lipinski definition) is 5. The Morgan fingerprint density at radius 2 is 1.65 bits per heavy atom. The molecule has 1 fully saturated rings. The molecule has 2 N–H and O–H groups in total. The molecule has 1 rings (SSSR count). The van der Waals surface area contributed by atoms with Crippen molar-refractivity contribution >= 4 is 31.7 Å². The van der Waals surface area contributed by atoms with Gasteiger partial charge in [0.15, 0.2) is 19.5 Å². The number of likely N-dealkylation sites (tertiary alicyclic amines) is 1. The highest BCUT2D eigenvalue weighted by Gasteiger charge is 2.48. The average molecular weight is 407 g/mol. The van der Waals surface area contributed by atoms with E-state index in [1.165, 1.54) is 4.90 Å². The number of amides is 2. The van der Waals surface area contributed by atoms with Gasteiger partial charge < -0.3 is 28.9 Å². The molecule has 2 unspecified atom stereocenters. The van der Waals surface area contributed by atoms with Crippen LogP contribution in [0.5, 0.6) is 0 Å². The monoisotopic (exact) mass is 406 g/mol. The second-order valence-electron chi connectivity index (χ2n) is 8.11. The molecule has 0 aliphatic carbocycles. The Hall–Kier alpha value is -1.11. The molecule has 0 saturated carbocycles. The van der Waals surface area contributed by atoms with Gasteiger partial charge in [0, 0.05) is 24.4 Å². The number of hydrogen-bond donors (Lipinski definition) is 2. The molecule has 8 nitrogen and oxygen atoms in total. The van der Waals surface area contributed by atoms with Gasteiger partial charge >= 0.3 is 12.2 Å². The van der Waals surface area contributed by atoms with Crippen LogP contribution in [-0.2, 0) is 13.6 Å². The van der Waals surface area contributed by atoms with Gasteiger partial charge in [-0.05, 0) is 20.8 Å². The van der Waals surface area contributed by atoms with E-state index in [1.807, 2.05) is 26.9 Å². The van der Waals surface area contributed by atoms with Crippen molar-refractivity contribution < 1.29 is 28.3 Å². The van der Waals surface area contributed by atoms with Crippen molar-refractivity contribution in [3.05, 3.63) is 0 Å². The molecular formula is C16H34N2O6Si2. The molecule has 1 heterocycles. The number of rotatable bonds is 7. The summed E-state index contributed by atoms with van der Waals surface area (Å²) in [5.41, 5.74) is -1.06. The SMILES string of the molecule is C[SiH2]OC(O[SiH2]C)C(C)(C)C1CN(C(=O)O)CC1NC(=O)OC(C)(C)C. The summed E-state index contributed by atoms with van der Waals surface area (Å²) < 4.78 is 17.2. The third-order valence-corrected chi connectivity index (χ3v) is 5.76. The Balaban J connectivity index is 3.01. The van der Waals surface area contributed by atoms with Crippen LogP contribution in [0.1, 0.15) is 34.6 Å². The molecule has 2 amide bonds. The number of carbonyl (C=O) groups is 2. The molecule has 1 aliphatic rings. The molecule has 26 heavy (non-hydrogen) atoms. The lowest BCUT2D eigenvalue weighted by atomic mass is 9.75. The normalized spacial score (nSPS) is 23.1. The quantitative estimate of drug-likeness (QED) is 0.486. The first-order valence-corrected chi connectivity index (χ1v) is 13.1. The topological polar surface area (TPSA) is 97.3 Å². The molecule has 0 aromatic heterocycles. The van der Waals surface area contributed by atoms with E-state index in [-0.39, 0.29) is 24.8 Å². The van der Waals surface area contributed by atoms with Gasteiger partial charge in [-0.1, -0.05) is 26.9 Å². The predicted octanol–water partition coefficient (Wildman–Crippen LogP) is 1.14. The summed E-state index contributed by atoms with van der Waals surface area (Å²) in [6.45, 7) is 14.0. The van der Waals surface area contributed by atoms with E-state index >= 15 is 0 Å². The summed E-state index contributed by atoms with van der Waals surface area (Å²) in [4.78, 5) is 25.1. The predicted molar refractivity (Wildman–Crippen MR) is 105 cm³/mol. The number of nitrogens with zero attached hydrogens (tertiary/aromatic N) is 1. The third-order valence-electron chi connectivity index (χ3n) is 4.49. The number of carbonyl (C=O) groups excluding carboxylic acids is 1. The molecule has 0 aromatic rings. The van der Waals surface area contributed by atoms with E-state index < -0.39 is 42.7 Å². The lowest BCUT2D eigenvalue weighted by molar-refractivity contribution is -0.106. The zero-order chi connectivity index (χ0) is 20.1. The van der Waals surface area contributed by atoms with Gasteiger partial charge in [0.2, 0.25) is 0 Å². The van der Waals surface area contributed by atoms with Crippen molar-refractivity contribution in [2.75, 3.05) is 13.1 Å². The highest BCUT2D eigenvalue weighted by Crippen LogP contribution is 2.39. The highest BCUT2D eigenvalue weighted by molar-refractivity contribution is 6.26. The number of alkyl carbamates (subject to hydrolysis) is 1. The fourth-order valence-corrected chi connectivity index (χ4v) is 5.12. The van der Waals surface area contributed by atoms with Crippen molar-refractivity contribution in [1.82, 2.24) is 10.2 Å². The molecule has 10 heteroatoms. The smallest absolute Gasteiger partial charge is 0.407 e. The lowest BCUT2D eigenvalue weighted by Crippen LogP contribution is -2.51. The minimum Gasteiger partial charge on any atom is -0.465 e. The Bertz CT molecular complexity index is 492. The van der Waals surface area contributed by atoms with Gasteiger partial charge in [-0.2, -0.15) is 0 Å². The van der Waals surface area contributed by atoms with Crippen molar-refractivity contribution in [3.63, 3.8) is 0 Å². The van der Waals surface area contributed by atoms with E-state index in [0.717, 1.165) is 0 Å². The highest BCUT2D eigenvalue weighted by atomic mass is 28.2. The van der Waals surface area contributed by atoms with Crippen LogP contribution in [-0.4, -0.2) is 72.7 Å². The Morgan fingerprint density at radius 3 is 2.08 bits per heavy atom. The van der Waals surface area contributed by atoms with Gasteiger partial charge in [0.1, 0.15) is 11.9 Å². The summed E-state index contributed by atoms with van der Waals surface area (Å²) in [6.07, 6.45) is -1.91. The van der Waals surface area contributed by atoms with Gasteiger partial charge in [0.25, 0.3) is 0 Å². The van der Waals surface area contributed by atoms with Crippen LogP contribution in [0.3, 0.4) is 0 Å². The van der Waals surface area contributed by atoms with Gasteiger partial charge in [-0.3, -0.25) is 0 Å².